The van der Waals surface area contributed by atoms with Gasteiger partial charge in [-0.1, -0.05) is 24.3 Å². The Labute approximate surface area is 149 Å². The van der Waals surface area contributed by atoms with E-state index in [9.17, 15) is 4.79 Å². The van der Waals surface area contributed by atoms with Gasteiger partial charge in [0.25, 0.3) is 0 Å². The molecule has 122 valence electrons. The van der Waals surface area contributed by atoms with E-state index in [2.05, 4.69) is 35.0 Å². The molecule has 0 unspecified atom stereocenters. The van der Waals surface area contributed by atoms with Gasteiger partial charge in [0.05, 0.1) is 18.2 Å². The molecule has 0 heterocycles. The van der Waals surface area contributed by atoms with Gasteiger partial charge in [-0.2, -0.15) is 0 Å². The minimum Gasteiger partial charge on any atom is -0.495 e. The summed E-state index contributed by atoms with van der Waals surface area (Å²) < 4.78 is 11.3. The number of carbonyl (C=O) groups excluding carboxylic acids is 1. The van der Waals surface area contributed by atoms with Crippen molar-refractivity contribution in [3.05, 3.63) is 57.6 Å². The number of ether oxygens (including phenoxy) is 2. The van der Waals surface area contributed by atoms with Crippen molar-refractivity contribution in [2.75, 3.05) is 13.7 Å². The third-order valence-electron chi connectivity index (χ3n) is 3.35. The van der Waals surface area contributed by atoms with E-state index in [4.69, 9.17) is 9.47 Å². The maximum atomic E-state index is 12.0. The normalized spacial score (nSPS) is 10.4. The third kappa shape index (κ3) is 4.30. The lowest BCUT2D eigenvalue weighted by atomic mass is 10.1. The van der Waals surface area contributed by atoms with Crippen molar-refractivity contribution in [2.45, 2.75) is 24.5 Å². The molecule has 0 bridgehead atoms. The summed E-state index contributed by atoms with van der Waals surface area (Å²) in [5, 5.41) is 0. The van der Waals surface area contributed by atoms with E-state index >= 15 is 0 Å². The third-order valence-corrected chi connectivity index (χ3v) is 5.45. The zero-order valence-corrected chi connectivity index (χ0v) is 15.8. The first-order valence-corrected chi connectivity index (χ1v) is 9.07. The quantitative estimate of drug-likeness (QED) is 0.495. The Morgan fingerprint density at radius 2 is 1.96 bits per heavy atom. The fourth-order valence-corrected chi connectivity index (χ4v) is 4.01. The maximum absolute atomic E-state index is 12.0. The number of carbonyl (C=O) groups is 1. The molecule has 0 N–H and O–H groups in total. The Kier molecular flexibility index (Phi) is 6.54. The molecule has 2 aromatic carbocycles. The molecule has 0 aliphatic rings. The second-order valence-electron chi connectivity index (χ2n) is 4.89. The van der Waals surface area contributed by atoms with Crippen molar-refractivity contribution in [3.8, 4) is 5.75 Å². The monoisotopic (exact) mass is 394 g/mol. The van der Waals surface area contributed by atoms with Crippen LogP contribution in [-0.4, -0.2) is 19.7 Å². The molecular weight excluding hydrogens is 376 g/mol. The Bertz CT molecular complexity index is 701. The van der Waals surface area contributed by atoms with Crippen LogP contribution < -0.4 is 4.74 Å². The number of hydrogen-bond donors (Lipinski definition) is 0. The zero-order chi connectivity index (χ0) is 16.8. The molecule has 0 radical (unpaired) electrons. The van der Waals surface area contributed by atoms with Gasteiger partial charge in [-0.15, -0.1) is 11.8 Å². The highest BCUT2D eigenvalue weighted by Gasteiger charge is 2.18. The first-order chi connectivity index (χ1) is 11.1. The fourth-order valence-electron chi connectivity index (χ4n) is 2.15. The minimum absolute atomic E-state index is 0.338. The summed E-state index contributed by atoms with van der Waals surface area (Å²) >= 11 is 5.31. The second kappa shape index (κ2) is 8.41. The molecule has 0 aliphatic heterocycles. The summed E-state index contributed by atoms with van der Waals surface area (Å²) in [7, 11) is 1.56. The highest BCUT2D eigenvalue weighted by molar-refractivity contribution is 9.10. The van der Waals surface area contributed by atoms with Gasteiger partial charge in [0, 0.05) is 10.6 Å². The van der Waals surface area contributed by atoms with Crippen molar-refractivity contribution in [2.24, 2.45) is 0 Å². The summed E-state index contributed by atoms with van der Waals surface area (Å²) in [6.07, 6.45) is 0. The molecule has 0 saturated heterocycles. The predicted octanol–water partition coefficient (Wildman–Crippen LogP) is 5.24. The van der Waals surface area contributed by atoms with Crippen molar-refractivity contribution < 1.29 is 14.3 Å². The number of halogens is 1. The van der Waals surface area contributed by atoms with Crippen LogP contribution in [0, 0.1) is 6.92 Å². The maximum Gasteiger partial charge on any atom is 0.341 e. The summed E-state index contributed by atoms with van der Waals surface area (Å²) in [5.41, 5.74) is 2.76. The lowest BCUT2D eigenvalue weighted by molar-refractivity contribution is 0.0522. The number of aryl methyl sites for hydroxylation is 1. The molecule has 23 heavy (non-hydrogen) atoms. The Hall–Kier alpha value is -1.46. The van der Waals surface area contributed by atoms with E-state index < -0.39 is 0 Å². The van der Waals surface area contributed by atoms with E-state index in [1.54, 1.807) is 31.9 Å². The Balaban J connectivity index is 2.24. The number of thioether (sulfide) groups is 1. The zero-order valence-electron chi connectivity index (χ0n) is 13.4. The first kappa shape index (κ1) is 17.9. The molecule has 0 spiro atoms. The summed E-state index contributed by atoms with van der Waals surface area (Å²) in [5.74, 6) is 0.930. The van der Waals surface area contributed by atoms with Crippen LogP contribution in [0.5, 0.6) is 5.75 Å². The largest absolute Gasteiger partial charge is 0.495 e. The molecule has 2 aromatic rings. The molecule has 0 amide bonds. The number of benzene rings is 2. The molecule has 0 fully saturated rings. The van der Waals surface area contributed by atoms with Gasteiger partial charge in [-0.3, -0.25) is 0 Å². The van der Waals surface area contributed by atoms with Gasteiger partial charge < -0.3 is 9.47 Å². The van der Waals surface area contributed by atoms with E-state index in [0.717, 1.165) is 15.8 Å². The van der Waals surface area contributed by atoms with Gasteiger partial charge in [-0.25, -0.2) is 4.79 Å². The highest BCUT2D eigenvalue weighted by Crippen LogP contribution is 2.36. The standard InChI is InChI=1S/C18H19BrO3S/c1-4-22-18(20)14-10-9-13(16(19)17(14)21-3)11-23-15-8-6-5-7-12(15)2/h5-10H,4,11H2,1-3H3. The average Bonchev–Trinajstić information content (AvgIpc) is 2.55. The van der Waals surface area contributed by atoms with E-state index in [1.165, 1.54) is 10.5 Å². The molecular formula is C18H19BrO3S. The molecule has 0 saturated carbocycles. The summed E-state index contributed by atoms with van der Waals surface area (Å²) in [6.45, 7) is 4.22. The Morgan fingerprint density at radius 1 is 1.22 bits per heavy atom. The molecule has 0 aromatic heterocycles. The molecule has 3 nitrogen and oxygen atoms in total. The van der Waals surface area contributed by atoms with Crippen LogP contribution in [0.2, 0.25) is 0 Å². The van der Waals surface area contributed by atoms with Gasteiger partial charge >= 0.3 is 5.97 Å². The van der Waals surface area contributed by atoms with Gasteiger partial charge in [0.1, 0.15) is 11.3 Å². The van der Waals surface area contributed by atoms with Crippen LogP contribution in [0.3, 0.4) is 0 Å². The van der Waals surface area contributed by atoms with Gasteiger partial charge in [0.2, 0.25) is 0 Å². The SMILES string of the molecule is CCOC(=O)c1ccc(CSc2ccccc2C)c(Br)c1OC. The number of methoxy groups -OCH3 is 1. The summed E-state index contributed by atoms with van der Waals surface area (Å²) in [4.78, 5) is 13.2. The average molecular weight is 395 g/mol. The molecule has 2 rings (SSSR count). The van der Waals surface area contributed by atoms with Gasteiger partial charge in [0.15, 0.2) is 0 Å². The van der Waals surface area contributed by atoms with Crippen LogP contribution >= 0.6 is 27.7 Å². The van der Waals surface area contributed by atoms with Crippen LogP contribution in [0.1, 0.15) is 28.4 Å². The van der Waals surface area contributed by atoms with Crippen molar-refractivity contribution in [1.82, 2.24) is 0 Å². The Morgan fingerprint density at radius 3 is 2.61 bits per heavy atom. The topological polar surface area (TPSA) is 35.5 Å². The summed E-state index contributed by atoms with van der Waals surface area (Å²) in [6, 6.07) is 12.0. The van der Waals surface area contributed by atoms with E-state index in [-0.39, 0.29) is 5.97 Å². The van der Waals surface area contributed by atoms with Crippen molar-refractivity contribution >= 4 is 33.7 Å². The van der Waals surface area contributed by atoms with Crippen molar-refractivity contribution in [3.63, 3.8) is 0 Å². The lowest BCUT2D eigenvalue weighted by Crippen LogP contribution is -2.07. The predicted molar refractivity (Wildman–Crippen MR) is 97.4 cm³/mol. The first-order valence-electron chi connectivity index (χ1n) is 7.29. The number of esters is 1. The molecule has 5 heteroatoms. The van der Waals surface area contributed by atoms with Crippen molar-refractivity contribution in [1.29, 1.82) is 0 Å². The number of hydrogen-bond acceptors (Lipinski definition) is 4. The smallest absolute Gasteiger partial charge is 0.341 e. The van der Waals surface area contributed by atoms with Crippen LogP contribution in [-0.2, 0) is 10.5 Å². The second-order valence-corrected chi connectivity index (χ2v) is 6.70. The molecule has 0 atom stereocenters. The van der Waals surface area contributed by atoms with E-state index in [0.29, 0.717) is 17.9 Å². The van der Waals surface area contributed by atoms with Gasteiger partial charge in [-0.05, 0) is 53.0 Å². The van der Waals surface area contributed by atoms with Crippen LogP contribution in [0.4, 0.5) is 0 Å². The molecule has 0 aliphatic carbocycles. The van der Waals surface area contributed by atoms with Crippen LogP contribution in [0.25, 0.3) is 0 Å². The lowest BCUT2D eigenvalue weighted by Gasteiger charge is -2.13. The van der Waals surface area contributed by atoms with E-state index in [1.807, 2.05) is 18.2 Å². The highest BCUT2D eigenvalue weighted by atomic mass is 79.9. The fraction of sp³-hybridized carbons (Fsp3) is 0.278. The number of rotatable bonds is 6. The van der Waals surface area contributed by atoms with Crippen LogP contribution in [0.15, 0.2) is 45.8 Å². The minimum atomic E-state index is -0.372.